The third-order valence-electron chi connectivity index (χ3n) is 3.00. The molecule has 0 aliphatic carbocycles. The molecule has 3 heteroatoms. The van der Waals surface area contributed by atoms with Crippen LogP contribution in [0.3, 0.4) is 0 Å². The minimum absolute atomic E-state index is 0. The highest BCUT2D eigenvalue weighted by molar-refractivity contribution is 7.80. The van der Waals surface area contributed by atoms with Crippen LogP contribution in [0.1, 0.15) is 23.5 Å². The number of thiocarbonyl (C=S) groups is 1. The average molecular weight is 273 g/mol. The highest BCUT2D eigenvalue weighted by Crippen LogP contribution is 2.28. The van der Waals surface area contributed by atoms with Crippen molar-refractivity contribution in [2.24, 2.45) is 0 Å². The zero-order valence-electron chi connectivity index (χ0n) is 11.1. The maximum atomic E-state index is 5.21. The first-order valence-electron chi connectivity index (χ1n) is 5.98. The largest absolute Gasteiger partial charge is 0.490 e. The van der Waals surface area contributed by atoms with E-state index in [1.807, 2.05) is 12.1 Å². The summed E-state index contributed by atoms with van der Waals surface area (Å²) in [7, 11) is 1.63. The molecule has 2 nitrogen and oxygen atoms in total. The second kappa shape index (κ2) is 7.67. The molecule has 0 saturated carbocycles. The second-order valence-electron chi connectivity index (χ2n) is 4.15. The number of ether oxygens (including phenoxy) is 1. The van der Waals surface area contributed by atoms with Crippen LogP contribution in [0, 0.1) is 0 Å². The lowest BCUT2D eigenvalue weighted by molar-refractivity contribution is 0.399. The number of benzene rings is 2. The van der Waals surface area contributed by atoms with E-state index in [0.29, 0.717) is 5.05 Å². The van der Waals surface area contributed by atoms with E-state index in [0.717, 1.165) is 6.42 Å². The maximum Gasteiger partial charge on any atom is 0.160 e. The molecule has 0 amide bonds. The van der Waals surface area contributed by atoms with Crippen LogP contribution in [0.5, 0.6) is 0 Å². The fraction of sp³-hybridized carbons (Fsp3) is 0.188. The zero-order chi connectivity index (χ0) is 12.8. The van der Waals surface area contributed by atoms with Crippen molar-refractivity contribution >= 4 is 17.3 Å². The Morgan fingerprint density at radius 1 is 0.947 bits per heavy atom. The molecule has 0 fully saturated rings. The van der Waals surface area contributed by atoms with Gasteiger partial charge in [-0.25, -0.2) is 0 Å². The third-order valence-corrected chi connectivity index (χ3v) is 3.34. The Balaban J connectivity index is 0.00000180. The van der Waals surface area contributed by atoms with Gasteiger partial charge < -0.3 is 10.9 Å². The van der Waals surface area contributed by atoms with Gasteiger partial charge in [0, 0.05) is 12.3 Å². The Bertz CT molecular complexity index is 459. The zero-order valence-corrected chi connectivity index (χ0v) is 11.9. The van der Waals surface area contributed by atoms with Gasteiger partial charge in [0.05, 0.1) is 7.11 Å². The van der Waals surface area contributed by atoms with Crippen LogP contribution in [0.15, 0.2) is 60.7 Å². The minimum Gasteiger partial charge on any atom is -0.490 e. The van der Waals surface area contributed by atoms with Gasteiger partial charge in [0.2, 0.25) is 0 Å². The molecule has 0 aliphatic rings. The molecule has 0 aromatic heterocycles. The summed E-state index contributed by atoms with van der Waals surface area (Å²) >= 11 is 5.21. The molecule has 0 radical (unpaired) electrons. The average Bonchev–Trinajstić information content (AvgIpc) is 2.46. The van der Waals surface area contributed by atoms with E-state index in [1.54, 1.807) is 7.11 Å². The molecule has 0 heterocycles. The summed E-state index contributed by atoms with van der Waals surface area (Å²) in [6, 6.07) is 20.8. The van der Waals surface area contributed by atoms with Gasteiger partial charge in [-0.15, -0.1) is 0 Å². The smallest absolute Gasteiger partial charge is 0.160 e. The van der Waals surface area contributed by atoms with Crippen molar-refractivity contribution in [2.45, 2.75) is 12.3 Å². The van der Waals surface area contributed by atoms with Gasteiger partial charge >= 0.3 is 0 Å². The van der Waals surface area contributed by atoms with E-state index in [2.05, 4.69) is 48.5 Å². The van der Waals surface area contributed by atoms with E-state index in [1.165, 1.54) is 11.1 Å². The molecule has 0 atom stereocenters. The van der Waals surface area contributed by atoms with Crippen molar-refractivity contribution in [3.63, 3.8) is 0 Å². The lowest BCUT2D eigenvalue weighted by Crippen LogP contribution is -2.08. The molecule has 0 bridgehead atoms. The fourth-order valence-corrected chi connectivity index (χ4v) is 2.22. The van der Waals surface area contributed by atoms with Gasteiger partial charge in [0.15, 0.2) is 5.05 Å². The van der Waals surface area contributed by atoms with Crippen LogP contribution in [0.4, 0.5) is 0 Å². The molecule has 3 N–H and O–H groups in total. The summed E-state index contributed by atoms with van der Waals surface area (Å²) in [6.45, 7) is 0. The fourth-order valence-electron chi connectivity index (χ4n) is 2.05. The van der Waals surface area contributed by atoms with Crippen LogP contribution in [-0.4, -0.2) is 12.2 Å². The molecule has 0 unspecified atom stereocenters. The number of rotatable bonds is 4. The van der Waals surface area contributed by atoms with Crippen LogP contribution in [0.2, 0.25) is 0 Å². The number of hydrogen-bond donors (Lipinski definition) is 1. The first-order chi connectivity index (χ1) is 8.81. The van der Waals surface area contributed by atoms with Crippen LogP contribution >= 0.6 is 12.2 Å². The number of hydrogen-bond acceptors (Lipinski definition) is 3. The standard InChI is InChI=1S/C16H16OS.H3N/c1-17-16(18)12-15(13-8-4-2-5-9-13)14-10-6-3-7-11-14;/h2-11,15H,12H2,1H3;1H3. The Kier molecular flexibility index (Phi) is 6.19. The van der Waals surface area contributed by atoms with Crippen molar-refractivity contribution in [1.29, 1.82) is 0 Å². The van der Waals surface area contributed by atoms with Gasteiger partial charge in [0.25, 0.3) is 0 Å². The summed E-state index contributed by atoms with van der Waals surface area (Å²) < 4.78 is 5.16. The van der Waals surface area contributed by atoms with E-state index in [9.17, 15) is 0 Å². The maximum absolute atomic E-state index is 5.21. The van der Waals surface area contributed by atoms with Crippen LogP contribution in [-0.2, 0) is 4.74 Å². The van der Waals surface area contributed by atoms with Crippen molar-refractivity contribution in [1.82, 2.24) is 6.15 Å². The summed E-state index contributed by atoms with van der Waals surface area (Å²) in [4.78, 5) is 0. The summed E-state index contributed by atoms with van der Waals surface area (Å²) in [5, 5.41) is 0.646. The van der Waals surface area contributed by atoms with E-state index >= 15 is 0 Å². The van der Waals surface area contributed by atoms with Gasteiger partial charge in [-0.05, 0) is 23.3 Å². The van der Waals surface area contributed by atoms with Gasteiger partial charge in [-0.2, -0.15) is 0 Å². The van der Waals surface area contributed by atoms with Gasteiger partial charge in [-0.3, -0.25) is 0 Å². The molecular formula is C16H19NOS. The van der Waals surface area contributed by atoms with Crippen molar-refractivity contribution in [3.8, 4) is 0 Å². The molecule has 2 aromatic rings. The Morgan fingerprint density at radius 3 is 1.74 bits per heavy atom. The predicted octanol–water partition coefficient (Wildman–Crippen LogP) is 4.34. The summed E-state index contributed by atoms with van der Waals surface area (Å²) in [5.41, 5.74) is 2.53. The summed E-state index contributed by atoms with van der Waals surface area (Å²) in [6.07, 6.45) is 0.736. The highest BCUT2D eigenvalue weighted by atomic mass is 32.1. The normalized spacial score (nSPS) is 9.79. The van der Waals surface area contributed by atoms with Gasteiger partial charge in [0.1, 0.15) is 0 Å². The van der Waals surface area contributed by atoms with E-state index < -0.39 is 0 Å². The minimum atomic E-state index is 0. The lowest BCUT2D eigenvalue weighted by Gasteiger charge is -2.18. The topological polar surface area (TPSA) is 44.2 Å². The molecule has 19 heavy (non-hydrogen) atoms. The molecule has 2 aromatic carbocycles. The quantitative estimate of drug-likeness (QED) is 0.842. The molecule has 100 valence electrons. The van der Waals surface area contributed by atoms with Gasteiger partial charge in [-0.1, -0.05) is 60.7 Å². The van der Waals surface area contributed by atoms with Crippen molar-refractivity contribution in [3.05, 3.63) is 71.8 Å². The van der Waals surface area contributed by atoms with E-state index in [4.69, 9.17) is 17.0 Å². The Labute approximate surface area is 120 Å². The molecule has 0 saturated heterocycles. The highest BCUT2D eigenvalue weighted by Gasteiger charge is 2.16. The number of methoxy groups -OCH3 is 1. The monoisotopic (exact) mass is 273 g/mol. The molecule has 0 spiro atoms. The first-order valence-corrected chi connectivity index (χ1v) is 6.39. The van der Waals surface area contributed by atoms with Crippen LogP contribution in [0.25, 0.3) is 0 Å². The lowest BCUT2D eigenvalue weighted by atomic mass is 9.89. The van der Waals surface area contributed by atoms with Crippen molar-refractivity contribution in [2.75, 3.05) is 7.11 Å². The molecule has 0 aliphatic heterocycles. The predicted molar refractivity (Wildman–Crippen MR) is 84.0 cm³/mol. The van der Waals surface area contributed by atoms with Crippen LogP contribution < -0.4 is 6.15 Å². The Morgan fingerprint density at radius 2 is 1.37 bits per heavy atom. The third kappa shape index (κ3) is 4.16. The SMILES string of the molecule is COC(=S)CC(c1ccccc1)c1ccccc1.N. The first kappa shape index (κ1) is 15.3. The van der Waals surface area contributed by atoms with Crippen molar-refractivity contribution < 1.29 is 4.74 Å². The summed E-state index contributed by atoms with van der Waals surface area (Å²) in [5.74, 6) is 0.264. The second-order valence-corrected chi connectivity index (χ2v) is 4.61. The molecule has 2 rings (SSSR count). The Hall–Kier alpha value is -1.71. The molecular weight excluding hydrogens is 254 g/mol. The van der Waals surface area contributed by atoms with E-state index in [-0.39, 0.29) is 12.1 Å².